The summed E-state index contributed by atoms with van der Waals surface area (Å²) >= 11 is 0. The van der Waals surface area contributed by atoms with E-state index in [0.29, 0.717) is 11.8 Å². The highest BCUT2D eigenvalue weighted by Crippen LogP contribution is 2.17. The first-order chi connectivity index (χ1) is 10.2. The number of methoxy groups -OCH3 is 1. The molecule has 116 valence electrons. The summed E-state index contributed by atoms with van der Waals surface area (Å²) in [7, 11) is 1.60. The molecule has 1 amide bonds. The Bertz CT molecular complexity index is 468. The summed E-state index contributed by atoms with van der Waals surface area (Å²) in [5.74, 6) is 1.68. The van der Waals surface area contributed by atoms with E-state index in [2.05, 4.69) is 28.7 Å². The Morgan fingerprint density at radius 2 is 1.95 bits per heavy atom. The first kappa shape index (κ1) is 15.5. The van der Waals surface area contributed by atoms with Gasteiger partial charge in [-0.05, 0) is 12.8 Å². The second kappa shape index (κ2) is 7.24. The Morgan fingerprint density at radius 1 is 1.29 bits per heavy atom. The summed E-state index contributed by atoms with van der Waals surface area (Å²) in [5.41, 5.74) is 0. The number of nitrogens with zero attached hydrogens (tertiary/aromatic N) is 4. The second-order valence-electron chi connectivity index (χ2n) is 5.22. The van der Waals surface area contributed by atoms with Gasteiger partial charge in [-0.15, -0.1) is 0 Å². The van der Waals surface area contributed by atoms with Crippen LogP contribution in [0.15, 0.2) is 12.3 Å². The van der Waals surface area contributed by atoms with E-state index < -0.39 is 0 Å². The summed E-state index contributed by atoms with van der Waals surface area (Å²) in [6, 6.07) is 1.73. The lowest BCUT2D eigenvalue weighted by Gasteiger charge is -2.36. The van der Waals surface area contributed by atoms with E-state index in [4.69, 9.17) is 4.74 Å². The van der Waals surface area contributed by atoms with Crippen LogP contribution in [0.1, 0.15) is 26.7 Å². The number of carbonyl (C=O) groups excluding carboxylic acids is 1. The van der Waals surface area contributed by atoms with Crippen LogP contribution in [0.4, 0.5) is 5.95 Å². The SMILES string of the molecule is CCC(CC)C(=O)N1CCN(c2nccc(OC)n2)CC1. The van der Waals surface area contributed by atoms with Gasteiger partial charge in [-0.25, -0.2) is 4.98 Å². The van der Waals surface area contributed by atoms with Crippen LogP contribution < -0.4 is 9.64 Å². The van der Waals surface area contributed by atoms with Crippen molar-refractivity contribution in [2.75, 3.05) is 38.2 Å². The minimum Gasteiger partial charge on any atom is -0.481 e. The predicted octanol–water partition coefficient (Wildman–Crippen LogP) is 1.57. The van der Waals surface area contributed by atoms with Crippen molar-refractivity contribution in [2.45, 2.75) is 26.7 Å². The highest BCUT2D eigenvalue weighted by Gasteiger charge is 2.26. The quantitative estimate of drug-likeness (QED) is 0.824. The van der Waals surface area contributed by atoms with Crippen LogP contribution in [-0.4, -0.2) is 54.1 Å². The van der Waals surface area contributed by atoms with Gasteiger partial charge in [0.15, 0.2) is 0 Å². The first-order valence-corrected chi connectivity index (χ1v) is 7.60. The monoisotopic (exact) mass is 292 g/mol. The largest absolute Gasteiger partial charge is 0.481 e. The fraction of sp³-hybridized carbons (Fsp3) is 0.667. The summed E-state index contributed by atoms with van der Waals surface area (Å²) in [6.07, 6.45) is 3.52. The molecule has 2 heterocycles. The second-order valence-corrected chi connectivity index (χ2v) is 5.22. The Kier molecular flexibility index (Phi) is 5.36. The van der Waals surface area contributed by atoms with Crippen LogP contribution in [0.5, 0.6) is 5.88 Å². The molecule has 1 saturated heterocycles. The molecule has 6 heteroatoms. The molecule has 0 aliphatic carbocycles. The number of rotatable bonds is 5. The molecule has 1 aromatic heterocycles. The number of ether oxygens (including phenoxy) is 1. The maximum atomic E-state index is 12.4. The van der Waals surface area contributed by atoms with Gasteiger partial charge >= 0.3 is 0 Å². The molecular weight excluding hydrogens is 268 g/mol. The average Bonchev–Trinajstić information content (AvgIpc) is 2.56. The van der Waals surface area contributed by atoms with Gasteiger partial charge in [0, 0.05) is 44.4 Å². The zero-order valence-corrected chi connectivity index (χ0v) is 13.1. The third kappa shape index (κ3) is 3.62. The maximum absolute atomic E-state index is 12.4. The summed E-state index contributed by atoms with van der Waals surface area (Å²) < 4.78 is 5.12. The van der Waals surface area contributed by atoms with Crippen molar-refractivity contribution in [3.8, 4) is 5.88 Å². The Balaban J connectivity index is 1.95. The number of hydrogen-bond donors (Lipinski definition) is 0. The molecule has 0 N–H and O–H groups in total. The number of amides is 1. The predicted molar refractivity (Wildman–Crippen MR) is 81.4 cm³/mol. The molecule has 1 fully saturated rings. The lowest BCUT2D eigenvalue weighted by molar-refractivity contribution is -0.136. The van der Waals surface area contributed by atoms with E-state index in [0.717, 1.165) is 39.0 Å². The van der Waals surface area contributed by atoms with Crippen molar-refractivity contribution in [1.82, 2.24) is 14.9 Å². The fourth-order valence-corrected chi connectivity index (χ4v) is 2.62. The smallest absolute Gasteiger partial charge is 0.228 e. The van der Waals surface area contributed by atoms with E-state index in [-0.39, 0.29) is 11.8 Å². The third-order valence-electron chi connectivity index (χ3n) is 4.04. The normalized spacial score (nSPS) is 15.4. The van der Waals surface area contributed by atoms with Crippen LogP contribution in [0.3, 0.4) is 0 Å². The van der Waals surface area contributed by atoms with E-state index in [1.165, 1.54) is 0 Å². The van der Waals surface area contributed by atoms with Crippen molar-refractivity contribution < 1.29 is 9.53 Å². The van der Waals surface area contributed by atoms with Gasteiger partial charge in [-0.1, -0.05) is 13.8 Å². The topological polar surface area (TPSA) is 58.6 Å². The molecular formula is C15H24N4O2. The molecule has 0 unspecified atom stereocenters. The van der Waals surface area contributed by atoms with Crippen molar-refractivity contribution in [1.29, 1.82) is 0 Å². The van der Waals surface area contributed by atoms with Crippen LogP contribution in [0.2, 0.25) is 0 Å². The summed E-state index contributed by atoms with van der Waals surface area (Å²) in [6.45, 7) is 7.14. The van der Waals surface area contributed by atoms with E-state index in [9.17, 15) is 4.79 Å². The average molecular weight is 292 g/mol. The molecule has 1 aliphatic rings. The first-order valence-electron chi connectivity index (χ1n) is 7.60. The van der Waals surface area contributed by atoms with Crippen molar-refractivity contribution in [3.63, 3.8) is 0 Å². The van der Waals surface area contributed by atoms with Crippen LogP contribution in [0, 0.1) is 5.92 Å². The maximum Gasteiger partial charge on any atom is 0.228 e. The van der Waals surface area contributed by atoms with Crippen LogP contribution >= 0.6 is 0 Å². The standard InChI is InChI=1S/C15H24N4O2/c1-4-12(5-2)14(20)18-8-10-19(11-9-18)15-16-7-6-13(17-15)21-3/h6-7,12H,4-5,8-11H2,1-3H3. The lowest BCUT2D eigenvalue weighted by atomic mass is 10.0. The van der Waals surface area contributed by atoms with Crippen LogP contribution in [-0.2, 0) is 4.79 Å². The van der Waals surface area contributed by atoms with Crippen molar-refractivity contribution in [2.24, 2.45) is 5.92 Å². The zero-order valence-electron chi connectivity index (χ0n) is 13.1. The summed E-state index contributed by atoms with van der Waals surface area (Å²) in [4.78, 5) is 25.0. The third-order valence-corrected chi connectivity index (χ3v) is 4.04. The van der Waals surface area contributed by atoms with Gasteiger partial charge < -0.3 is 14.5 Å². The van der Waals surface area contributed by atoms with Gasteiger partial charge in [-0.2, -0.15) is 4.98 Å². The Morgan fingerprint density at radius 3 is 2.52 bits per heavy atom. The Labute approximate surface area is 126 Å². The molecule has 0 radical (unpaired) electrons. The molecule has 0 saturated carbocycles. The van der Waals surface area contributed by atoms with Gasteiger partial charge in [0.05, 0.1) is 7.11 Å². The zero-order chi connectivity index (χ0) is 15.2. The number of aromatic nitrogens is 2. The lowest BCUT2D eigenvalue weighted by Crippen LogP contribution is -2.50. The molecule has 1 aromatic rings. The molecule has 21 heavy (non-hydrogen) atoms. The molecule has 2 rings (SSSR count). The molecule has 0 atom stereocenters. The number of anilines is 1. The minimum absolute atomic E-state index is 0.157. The molecule has 0 bridgehead atoms. The van der Waals surface area contributed by atoms with Crippen molar-refractivity contribution >= 4 is 11.9 Å². The molecule has 1 aliphatic heterocycles. The number of carbonyl (C=O) groups is 1. The molecule has 0 aromatic carbocycles. The summed E-state index contributed by atoms with van der Waals surface area (Å²) in [5, 5.41) is 0. The molecule has 0 spiro atoms. The van der Waals surface area contributed by atoms with Gasteiger partial charge in [0.25, 0.3) is 0 Å². The van der Waals surface area contributed by atoms with E-state index in [1.54, 1.807) is 19.4 Å². The van der Waals surface area contributed by atoms with Gasteiger partial charge in [0.2, 0.25) is 17.7 Å². The van der Waals surface area contributed by atoms with Gasteiger partial charge in [0.1, 0.15) is 0 Å². The van der Waals surface area contributed by atoms with Gasteiger partial charge in [-0.3, -0.25) is 4.79 Å². The minimum atomic E-state index is 0.157. The Hall–Kier alpha value is -1.85. The van der Waals surface area contributed by atoms with E-state index >= 15 is 0 Å². The number of piperazine rings is 1. The molecule has 6 nitrogen and oxygen atoms in total. The van der Waals surface area contributed by atoms with E-state index in [1.807, 2.05) is 4.90 Å². The highest BCUT2D eigenvalue weighted by molar-refractivity contribution is 5.79. The fourth-order valence-electron chi connectivity index (χ4n) is 2.62. The highest BCUT2D eigenvalue weighted by atomic mass is 16.5. The number of hydrogen-bond acceptors (Lipinski definition) is 5. The van der Waals surface area contributed by atoms with Crippen LogP contribution in [0.25, 0.3) is 0 Å². The van der Waals surface area contributed by atoms with Crippen molar-refractivity contribution in [3.05, 3.63) is 12.3 Å².